The zero-order valence-electron chi connectivity index (χ0n) is 9.02. The van der Waals surface area contributed by atoms with E-state index >= 15 is 0 Å². The summed E-state index contributed by atoms with van der Waals surface area (Å²) in [5, 5.41) is 9.05. The summed E-state index contributed by atoms with van der Waals surface area (Å²) in [4.78, 5) is 0. The molecule has 0 unspecified atom stereocenters. The quantitative estimate of drug-likeness (QED) is 0.745. The molecule has 0 saturated heterocycles. The van der Waals surface area contributed by atoms with Gasteiger partial charge in [-0.05, 0) is 25.2 Å². The molecule has 1 fully saturated rings. The van der Waals surface area contributed by atoms with Crippen molar-refractivity contribution in [2.24, 2.45) is 5.92 Å². The summed E-state index contributed by atoms with van der Waals surface area (Å²) >= 11 is 0. The molecule has 1 rings (SSSR count). The van der Waals surface area contributed by atoms with E-state index in [4.69, 9.17) is 9.05 Å². The topological polar surface area (TPSA) is 55.8 Å². The first-order chi connectivity index (χ1) is 6.50. The van der Waals surface area contributed by atoms with Gasteiger partial charge in [-0.25, -0.2) is 0 Å². The molecule has 1 saturated carbocycles. The maximum absolute atomic E-state index is 12.1. The molecule has 0 aliphatic heterocycles. The molecule has 0 aromatic heterocycles. The van der Waals surface area contributed by atoms with E-state index in [-0.39, 0.29) is 5.92 Å². The highest BCUT2D eigenvalue weighted by molar-refractivity contribution is 7.55. The Labute approximate surface area is 85.1 Å². The maximum atomic E-state index is 12.1. The van der Waals surface area contributed by atoms with Gasteiger partial charge in [-0.1, -0.05) is 13.3 Å². The fourth-order valence-electron chi connectivity index (χ4n) is 2.11. The summed E-state index contributed by atoms with van der Waals surface area (Å²) in [5.41, 5.74) is 0. The minimum Gasteiger partial charge on any atom is -0.377 e. The molecule has 1 aliphatic carbocycles. The fourth-order valence-corrected chi connectivity index (χ4v) is 3.99. The van der Waals surface area contributed by atoms with E-state index in [9.17, 15) is 9.67 Å². The van der Waals surface area contributed by atoms with Crippen LogP contribution in [0.15, 0.2) is 0 Å². The van der Waals surface area contributed by atoms with Gasteiger partial charge in [0.1, 0.15) is 0 Å². The van der Waals surface area contributed by atoms with Crippen molar-refractivity contribution < 1.29 is 18.7 Å². The first-order valence-corrected chi connectivity index (χ1v) is 6.48. The van der Waals surface area contributed by atoms with Crippen LogP contribution < -0.4 is 0 Å². The van der Waals surface area contributed by atoms with Crippen LogP contribution in [0.1, 0.15) is 32.6 Å². The third kappa shape index (κ3) is 1.76. The molecule has 84 valence electrons. The van der Waals surface area contributed by atoms with Crippen LogP contribution in [0.2, 0.25) is 0 Å². The average molecular weight is 222 g/mol. The standard InChI is InChI=1S/C9H19O4P/c1-8-6-4-5-7-9(8,10)14(11,12-2)13-3/h8,10H,4-7H2,1-3H3/t8-,9-/m1/s1. The van der Waals surface area contributed by atoms with Gasteiger partial charge in [0.25, 0.3) is 0 Å². The summed E-state index contributed by atoms with van der Waals surface area (Å²) < 4.78 is 21.9. The Morgan fingerprint density at radius 3 is 2.36 bits per heavy atom. The molecule has 1 aliphatic rings. The zero-order valence-corrected chi connectivity index (χ0v) is 9.92. The van der Waals surface area contributed by atoms with E-state index in [1.54, 1.807) is 0 Å². The Bertz CT molecular complexity index is 235. The molecule has 0 radical (unpaired) electrons. The van der Waals surface area contributed by atoms with Gasteiger partial charge in [-0.2, -0.15) is 0 Å². The van der Waals surface area contributed by atoms with Crippen LogP contribution in [0.25, 0.3) is 0 Å². The van der Waals surface area contributed by atoms with Gasteiger partial charge in [0.05, 0.1) is 0 Å². The second-order valence-electron chi connectivity index (χ2n) is 3.89. The van der Waals surface area contributed by atoms with Crippen molar-refractivity contribution in [1.82, 2.24) is 0 Å². The molecule has 14 heavy (non-hydrogen) atoms. The van der Waals surface area contributed by atoms with Crippen LogP contribution in [-0.4, -0.2) is 24.7 Å². The Morgan fingerprint density at radius 2 is 1.93 bits per heavy atom. The van der Waals surface area contributed by atoms with Crippen LogP contribution in [0.5, 0.6) is 0 Å². The second kappa shape index (κ2) is 4.31. The van der Waals surface area contributed by atoms with Crippen LogP contribution in [0.4, 0.5) is 0 Å². The number of hydrogen-bond acceptors (Lipinski definition) is 4. The van der Waals surface area contributed by atoms with E-state index < -0.39 is 12.9 Å². The van der Waals surface area contributed by atoms with Gasteiger partial charge in [0.15, 0.2) is 5.34 Å². The van der Waals surface area contributed by atoms with E-state index in [1.165, 1.54) is 14.2 Å². The maximum Gasteiger partial charge on any atom is 0.361 e. The van der Waals surface area contributed by atoms with Gasteiger partial charge in [-0.3, -0.25) is 4.57 Å². The highest BCUT2D eigenvalue weighted by atomic mass is 31.2. The van der Waals surface area contributed by atoms with Crippen molar-refractivity contribution in [2.75, 3.05) is 14.2 Å². The number of aliphatic hydroxyl groups is 1. The van der Waals surface area contributed by atoms with E-state index in [0.29, 0.717) is 6.42 Å². The zero-order chi connectivity index (χ0) is 10.8. The predicted molar refractivity (Wildman–Crippen MR) is 54.2 cm³/mol. The third-order valence-electron chi connectivity index (χ3n) is 3.18. The minimum atomic E-state index is -3.37. The van der Waals surface area contributed by atoms with Gasteiger partial charge in [0, 0.05) is 14.2 Å². The molecule has 2 atom stereocenters. The summed E-state index contributed by atoms with van der Waals surface area (Å²) in [7, 11) is -0.723. The predicted octanol–water partition coefficient (Wildman–Crippen LogP) is 2.37. The largest absolute Gasteiger partial charge is 0.377 e. The fraction of sp³-hybridized carbons (Fsp3) is 1.00. The highest BCUT2D eigenvalue weighted by Crippen LogP contribution is 2.64. The molecule has 0 aromatic carbocycles. The normalized spacial score (nSPS) is 34.4. The monoisotopic (exact) mass is 222 g/mol. The smallest absolute Gasteiger partial charge is 0.361 e. The third-order valence-corrected chi connectivity index (χ3v) is 5.75. The van der Waals surface area contributed by atoms with Crippen molar-refractivity contribution >= 4 is 7.60 Å². The van der Waals surface area contributed by atoms with E-state index in [0.717, 1.165) is 19.3 Å². The van der Waals surface area contributed by atoms with E-state index in [2.05, 4.69) is 0 Å². The van der Waals surface area contributed by atoms with E-state index in [1.807, 2.05) is 6.92 Å². The molecule has 0 spiro atoms. The highest BCUT2D eigenvalue weighted by Gasteiger charge is 2.53. The minimum absolute atomic E-state index is 0.0398. The van der Waals surface area contributed by atoms with Crippen LogP contribution in [0.3, 0.4) is 0 Å². The Kier molecular flexibility index (Phi) is 3.75. The molecule has 0 heterocycles. The lowest BCUT2D eigenvalue weighted by molar-refractivity contribution is 0.00426. The second-order valence-corrected chi connectivity index (χ2v) is 6.39. The average Bonchev–Trinajstić information content (AvgIpc) is 2.21. The number of hydrogen-bond donors (Lipinski definition) is 1. The van der Waals surface area contributed by atoms with Crippen LogP contribution >= 0.6 is 7.60 Å². The first kappa shape index (κ1) is 12.2. The molecule has 0 bridgehead atoms. The van der Waals surface area contributed by atoms with Crippen molar-refractivity contribution in [2.45, 2.75) is 37.9 Å². The van der Waals surface area contributed by atoms with Gasteiger partial charge >= 0.3 is 7.60 Å². The Balaban J connectivity index is 2.95. The first-order valence-electron chi connectivity index (χ1n) is 4.94. The Hall–Kier alpha value is 0.110. The number of rotatable bonds is 3. The molecule has 0 aromatic rings. The summed E-state index contributed by atoms with van der Waals surface area (Å²) in [6.07, 6.45) is 3.30. The lowest BCUT2D eigenvalue weighted by Gasteiger charge is -2.40. The van der Waals surface area contributed by atoms with Crippen LogP contribution in [-0.2, 0) is 13.6 Å². The molecule has 1 N–H and O–H groups in total. The van der Waals surface area contributed by atoms with Crippen molar-refractivity contribution in [1.29, 1.82) is 0 Å². The van der Waals surface area contributed by atoms with Gasteiger partial charge in [-0.15, -0.1) is 0 Å². The molecule has 0 amide bonds. The molecular weight excluding hydrogens is 203 g/mol. The van der Waals surface area contributed by atoms with Crippen molar-refractivity contribution in [3.63, 3.8) is 0 Å². The lowest BCUT2D eigenvalue weighted by atomic mass is 9.87. The molecular formula is C9H19O4P. The van der Waals surface area contributed by atoms with Gasteiger partial charge in [0.2, 0.25) is 0 Å². The summed E-state index contributed by atoms with van der Waals surface area (Å²) in [5.74, 6) is -0.0398. The molecule has 4 nitrogen and oxygen atoms in total. The SMILES string of the molecule is COP(=O)(OC)[C@]1(O)CCCC[C@H]1C. The lowest BCUT2D eigenvalue weighted by Crippen LogP contribution is -2.39. The van der Waals surface area contributed by atoms with Crippen molar-refractivity contribution in [3.05, 3.63) is 0 Å². The summed E-state index contributed by atoms with van der Waals surface area (Å²) in [6.45, 7) is 1.89. The van der Waals surface area contributed by atoms with Crippen LogP contribution in [0, 0.1) is 5.92 Å². The van der Waals surface area contributed by atoms with Gasteiger partial charge < -0.3 is 14.2 Å². The van der Waals surface area contributed by atoms with Crippen molar-refractivity contribution in [3.8, 4) is 0 Å². The molecule has 5 heteroatoms. The Morgan fingerprint density at radius 1 is 1.36 bits per heavy atom. The summed E-state index contributed by atoms with van der Waals surface area (Å²) in [6, 6.07) is 0.